The molecule has 0 radical (unpaired) electrons. The summed E-state index contributed by atoms with van der Waals surface area (Å²) in [6.45, 7) is 8.57. The Labute approximate surface area is 132 Å². The van der Waals surface area contributed by atoms with E-state index in [4.69, 9.17) is 9.47 Å². The lowest BCUT2D eigenvalue weighted by atomic mass is 10.1. The molecule has 0 spiro atoms. The van der Waals surface area contributed by atoms with Gasteiger partial charge in [-0.15, -0.1) is 13.2 Å². The third-order valence-electron chi connectivity index (χ3n) is 3.27. The Hall–Kier alpha value is -2.48. The molecule has 0 heterocycles. The second-order valence-electron chi connectivity index (χ2n) is 4.90. The van der Waals surface area contributed by atoms with Crippen LogP contribution in [0.3, 0.4) is 0 Å². The summed E-state index contributed by atoms with van der Waals surface area (Å²) in [6.07, 6.45) is 5.37. The quantitative estimate of drug-likeness (QED) is 0.497. The van der Waals surface area contributed by atoms with Crippen molar-refractivity contribution in [3.8, 4) is 11.5 Å². The van der Waals surface area contributed by atoms with Crippen LogP contribution in [0.2, 0.25) is 0 Å². The molecule has 0 N–H and O–H groups in total. The fourth-order valence-electron chi connectivity index (χ4n) is 2.24. The van der Waals surface area contributed by atoms with Crippen molar-refractivity contribution in [2.75, 3.05) is 13.2 Å². The van der Waals surface area contributed by atoms with Gasteiger partial charge in [-0.25, -0.2) is 0 Å². The molecule has 0 fully saturated rings. The predicted octanol–water partition coefficient (Wildman–Crippen LogP) is 4.60. The molecular formula is C20H22O2. The fraction of sp³-hybridized carbons (Fsp3) is 0.200. The van der Waals surface area contributed by atoms with E-state index in [1.54, 1.807) is 0 Å². The predicted molar refractivity (Wildman–Crippen MR) is 91.7 cm³/mol. The Morgan fingerprint density at radius 1 is 0.682 bits per heavy atom. The summed E-state index contributed by atoms with van der Waals surface area (Å²) in [5.74, 6) is 1.79. The van der Waals surface area contributed by atoms with Gasteiger partial charge in [0.1, 0.15) is 24.7 Å². The van der Waals surface area contributed by atoms with Gasteiger partial charge in [0.15, 0.2) is 0 Å². The molecule has 0 saturated carbocycles. The van der Waals surface area contributed by atoms with Crippen LogP contribution in [0, 0.1) is 0 Å². The van der Waals surface area contributed by atoms with Crippen LogP contribution < -0.4 is 9.47 Å². The number of allylic oxidation sites excluding steroid dienone is 2. The SMILES string of the molecule is C=CCc1ccccc1OCCOc1ccccc1CC=C. The number of ether oxygens (including phenoxy) is 2. The van der Waals surface area contributed by atoms with Gasteiger partial charge >= 0.3 is 0 Å². The summed E-state index contributed by atoms with van der Waals surface area (Å²) in [6, 6.07) is 16.0. The van der Waals surface area contributed by atoms with Gasteiger partial charge in [-0.2, -0.15) is 0 Å². The van der Waals surface area contributed by atoms with E-state index in [1.807, 2.05) is 48.6 Å². The van der Waals surface area contributed by atoms with Crippen molar-refractivity contribution in [2.24, 2.45) is 0 Å². The standard InChI is InChI=1S/C20H22O2/c1-3-9-17-11-5-7-13-19(17)21-15-16-22-20-14-8-6-12-18(20)10-4-2/h3-8,11-14H,1-2,9-10,15-16H2. The van der Waals surface area contributed by atoms with E-state index >= 15 is 0 Å². The summed E-state index contributed by atoms with van der Waals surface area (Å²) < 4.78 is 11.6. The maximum Gasteiger partial charge on any atom is 0.122 e. The topological polar surface area (TPSA) is 18.5 Å². The van der Waals surface area contributed by atoms with Gasteiger partial charge in [0.2, 0.25) is 0 Å². The zero-order chi connectivity index (χ0) is 15.6. The van der Waals surface area contributed by atoms with Crippen LogP contribution in [0.5, 0.6) is 11.5 Å². The average Bonchev–Trinajstić information content (AvgIpc) is 2.55. The Kier molecular flexibility index (Phi) is 6.31. The maximum absolute atomic E-state index is 5.82. The lowest BCUT2D eigenvalue weighted by Crippen LogP contribution is -2.10. The molecule has 0 unspecified atom stereocenters. The van der Waals surface area contributed by atoms with Crippen LogP contribution in [0.15, 0.2) is 73.8 Å². The van der Waals surface area contributed by atoms with Crippen molar-refractivity contribution >= 4 is 0 Å². The molecule has 0 aliphatic heterocycles. The van der Waals surface area contributed by atoms with E-state index in [2.05, 4.69) is 25.3 Å². The second-order valence-corrected chi connectivity index (χ2v) is 4.90. The summed E-state index contributed by atoms with van der Waals surface area (Å²) in [7, 11) is 0. The Morgan fingerprint density at radius 2 is 1.09 bits per heavy atom. The largest absolute Gasteiger partial charge is 0.490 e. The van der Waals surface area contributed by atoms with E-state index in [-0.39, 0.29) is 0 Å². The molecule has 0 aliphatic rings. The third-order valence-corrected chi connectivity index (χ3v) is 3.27. The smallest absolute Gasteiger partial charge is 0.122 e. The molecule has 0 amide bonds. The molecule has 0 saturated heterocycles. The van der Waals surface area contributed by atoms with Crippen molar-refractivity contribution in [1.82, 2.24) is 0 Å². The summed E-state index contributed by atoms with van der Waals surface area (Å²) >= 11 is 0. The maximum atomic E-state index is 5.82. The van der Waals surface area contributed by atoms with Gasteiger partial charge < -0.3 is 9.47 Å². The first-order valence-corrected chi connectivity index (χ1v) is 7.48. The van der Waals surface area contributed by atoms with Gasteiger partial charge in [0.05, 0.1) is 0 Å². The Balaban J connectivity index is 1.87. The molecular weight excluding hydrogens is 272 g/mol. The van der Waals surface area contributed by atoms with E-state index in [0.29, 0.717) is 13.2 Å². The van der Waals surface area contributed by atoms with Crippen molar-refractivity contribution in [2.45, 2.75) is 12.8 Å². The minimum atomic E-state index is 0.510. The molecule has 22 heavy (non-hydrogen) atoms. The minimum Gasteiger partial charge on any atom is -0.490 e. The Bertz CT molecular complexity index is 561. The number of hydrogen-bond donors (Lipinski definition) is 0. The van der Waals surface area contributed by atoms with Gasteiger partial charge in [-0.1, -0.05) is 48.6 Å². The molecule has 114 valence electrons. The molecule has 2 aromatic rings. The second kappa shape index (κ2) is 8.73. The van der Waals surface area contributed by atoms with Gasteiger partial charge in [-0.05, 0) is 36.1 Å². The number of benzene rings is 2. The first kappa shape index (κ1) is 15.9. The highest BCUT2D eigenvalue weighted by molar-refractivity contribution is 5.35. The zero-order valence-electron chi connectivity index (χ0n) is 12.8. The van der Waals surface area contributed by atoms with Crippen LogP contribution >= 0.6 is 0 Å². The normalized spacial score (nSPS) is 10.0. The first-order valence-electron chi connectivity index (χ1n) is 7.48. The van der Waals surface area contributed by atoms with Crippen molar-refractivity contribution < 1.29 is 9.47 Å². The lowest BCUT2D eigenvalue weighted by Gasteiger charge is -2.13. The summed E-state index contributed by atoms with van der Waals surface area (Å²) in [5.41, 5.74) is 2.29. The molecule has 2 rings (SSSR count). The van der Waals surface area contributed by atoms with E-state index in [9.17, 15) is 0 Å². The van der Waals surface area contributed by atoms with Crippen molar-refractivity contribution in [3.05, 3.63) is 85.0 Å². The highest BCUT2D eigenvalue weighted by Gasteiger charge is 2.03. The molecule has 0 bridgehead atoms. The molecule has 2 aromatic carbocycles. The average molecular weight is 294 g/mol. The molecule has 0 aromatic heterocycles. The molecule has 2 nitrogen and oxygen atoms in total. The Morgan fingerprint density at radius 3 is 1.50 bits per heavy atom. The lowest BCUT2D eigenvalue weighted by molar-refractivity contribution is 0.215. The van der Waals surface area contributed by atoms with Crippen LogP contribution in [-0.2, 0) is 12.8 Å². The van der Waals surface area contributed by atoms with E-state index in [1.165, 1.54) is 0 Å². The molecule has 0 atom stereocenters. The van der Waals surface area contributed by atoms with Gasteiger partial charge in [-0.3, -0.25) is 0 Å². The van der Waals surface area contributed by atoms with Crippen LogP contribution in [0.4, 0.5) is 0 Å². The minimum absolute atomic E-state index is 0.510. The summed E-state index contributed by atoms with van der Waals surface area (Å²) in [5, 5.41) is 0. The molecule has 0 aliphatic carbocycles. The highest BCUT2D eigenvalue weighted by Crippen LogP contribution is 2.20. The van der Waals surface area contributed by atoms with Crippen molar-refractivity contribution in [3.63, 3.8) is 0 Å². The number of rotatable bonds is 9. The number of para-hydroxylation sites is 2. The van der Waals surface area contributed by atoms with Crippen molar-refractivity contribution in [1.29, 1.82) is 0 Å². The monoisotopic (exact) mass is 294 g/mol. The zero-order valence-corrected chi connectivity index (χ0v) is 12.8. The van der Waals surface area contributed by atoms with Gasteiger partial charge in [0.25, 0.3) is 0 Å². The van der Waals surface area contributed by atoms with Crippen LogP contribution in [-0.4, -0.2) is 13.2 Å². The number of hydrogen-bond acceptors (Lipinski definition) is 2. The molecule has 2 heteroatoms. The van der Waals surface area contributed by atoms with Crippen LogP contribution in [0.25, 0.3) is 0 Å². The first-order chi connectivity index (χ1) is 10.8. The van der Waals surface area contributed by atoms with E-state index in [0.717, 1.165) is 35.5 Å². The third kappa shape index (κ3) is 4.52. The summed E-state index contributed by atoms with van der Waals surface area (Å²) in [4.78, 5) is 0. The van der Waals surface area contributed by atoms with Crippen LogP contribution in [0.1, 0.15) is 11.1 Å². The van der Waals surface area contributed by atoms with E-state index < -0.39 is 0 Å². The fourth-order valence-corrected chi connectivity index (χ4v) is 2.24. The highest BCUT2D eigenvalue weighted by atomic mass is 16.5. The van der Waals surface area contributed by atoms with Gasteiger partial charge in [0, 0.05) is 0 Å².